The highest BCUT2D eigenvalue weighted by Gasteiger charge is 1.94. The average Bonchev–Trinajstić information content (AvgIpc) is 2.01. The minimum absolute atomic E-state index is 0.459. The first-order chi connectivity index (χ1) is 6.47. The van der Waals surface area contributed by atoms with Gasteiger partial charge in [-0.3, -0.25) is 5.43 Å². The van der Waals surface area contributed by atoms with Crippen molar-refractivity contribution >= 4 is 27.7 Å². The van der Waals surface area contributed by atoms with E-state index in [0.29, 0.717) is 10.7 Å². The normalized spacial score (nSPS) is 11.3. The summed E-state index contributed by atoms with van der Waals surface area (Å²) in [5.41, 5.74) is 4.53. The minimum atomic E-state index is -4.76. The maximum atomic E-state index is 9.98. The second-order valence-electron chi connectivity index (χ2n) is 2.23. The van der Waals surface area contributed by atoms with E-state index in [0.717, 1.165) is 0 Å². The Labute approximate surface area is 85.7 Å². The van der Waals surface area contributed by atoms with E-state index in [1.807, 2.05) is 0 Å². The molecule has 1 aromatic rings. The van der Waals surface area contributed by atoms with E-state index in [2.05, 4.69) is 9.71 Å². The Bertz CT molecular complexity index is 408. The van der Waals surface area contributed by atoms with E-state index in [4.69, 9.17) is 11.6 Å². The third-order valence-corrected chi connectivity index (χ3v) is 1.69. The number of halogens is 1. The van der Waals surface area contributed by atoms with Crippen molar-refractivity contribution in [3.8, 4) is 0 Å². The highest BCUT2D eigenvalue weighted by molar-refractivity contribution is 7.80. The van der Waals surface area contributed by atoms with Crippen LogP contribution in [-0.2, 0) is 14.7 Å². The molecule has 0 spiro atoms. The molecule has 0 aliphatic heterocycles. The molecular formula is C6H6ClN2O4S-. The fourth-order valence-electron chi connectivity index (χ4n) is 0.697. The molecule has 0 fully saturated rings. The van der Waals surface area contributed by atoms with Crippen molar-refractivity contribution in [2.24, 2.45) is 0 Å². The van der Waals surface area contributed by atoms with Crippen molar-refractivity contribution in [3.05, 3.63) is 29.3 Å². The van der Waals surface area contributed by atoms with Crippen molar-refractivity contribution in [3.63, 3.8) is 0 Å². The van der Waals surface area contributed by atoms with Gasteiger partial charge in [-0.25, -0.2) is 8.42 Å². The minimum Gasteiger partial charge on any atom is -0.724 e. The number of nitrogens with one attached hydrogen (secondary N) is 2. The predicted molar refractivity (Wildman–Crippen MR) is 49.0 cm³/mol. The van der Waals surface area contributed by atoms with Gasteiger partial charge in [-0.1, -0.05) is 23.3 Å². The number of anilines is 1. The van der Waals surface area contributed by atoms with E-state index in [1.54, 1.807) is 23.8 Å². The van der Waals surface area contributed by atoms with Crippen LogP contribution in [0.5, 0.6) is 0 Å². The second kappa shape index (κ2) is 4.58. The Balaban J connectivity index is 2.47. The molecule has 0 aliphatic carbocycles. The van der Waals surface area contributed by atoms with Crippen LogP contribution in [0.15, 0.2) is 24.3 Å². The molecule has 2 N–H and O–H groups in total. The van der Waals surface area contributed by atoms with Crippen molar-refractivity contribution < 1.29 is 17.3 Å². The lowest BCUT2D eigenvalue weighted by Gasteiger charge is -2.10. The van der Waals surface area contributed by atoms with E-state index in [1.165, 1.54) is 6.07 Å². The molecule has 1 aromatic carbocycles. The molecule has 6 nitrogen and oxygen atoms in total. The van der Waals surface area contributed by atoms with Crippen LogP contribution in [0, 0.1) is 0 Å². The molecule has 0 unspecified atom stereocenters. The number of benzene rings is 1. The molecule has 0 aliphatic rings. The number of hydrogen-bond acceptors (Lipinski definition) is 6. The van der Waals surface area contributed by atoms with Gasteiger partial charge >= 0.3 is 0 Å². The smallest absolute Gasteiger partial charge is 0.235 e. The van der Waals surface area contributed by atoms with Crippen LogP contribution >= 0.6 is 11.6 Å². The lowest BCUT2D eigenvalue weighted by atomic mass is 10.3. The molecule has 0 atom stereocenters. The van der Waals surface area contributed by atoms with Gasteiger partial charge in [0.25, 0.3) is 0 Å². The van der Waals surface area contributed by atoms with Crippen LogP contribution < -0.4 is 11.0 Å². The molecule has 0 aromatic heterocycles. The zero-order valence-electron chi connectivity index (χ0n) is 6.73. The summed E-state index contributed by atoms with van der Waals surface area (Å²) in [6.45, 7) is 0. The lowest BCUT2D eigenvalue weighted by molar-refractivity contribution is 0.191. The van der Waals surface area contributed by atoms with Crippen LogP contribution in [0.25, 0.3) is 0 Å². The number of hydrogen-bond donors (Lipinski definition) is 2. The van der Waals surface area contributed by atoms with Crippen molar-refractivity contribution in [1.29, 1.82) is 0 Å². The van der Waals surface area contributed by atoms with Gasteiger partial charge in [0.05, 0.1) is 5.69 Å². The Hall–Kier alpha value is -0.860. The highest BCUT2D eigenvalue weighted by Crippen LogP contribution is 2.13. The number of rotatable bonds is 4. The summed E-state index contributed by atoms with van der Waals surface area (Å²) in [6, 6.07) is 6.38. The first kappa shape index (κ1) is 11.2. The topological polar surface area (TPSA) is 90.5 Å². The first-order valence-corrected chi connectivity index (χ1v) is 5.09. The Morgan fingerprint density at radius 1 is 1.43 bits per heavy atom. The zero-order chi connectivity index (χ0) is 10.6. The highest BCUT2D eigenvalue weighted by atomic mass is 35.5. The Kier molecular flexibility index (Phi) is 3.67. The molecule has 14 heavy (non-hydrogen) atoms. The van der Waals surface area contributed by atoms with Crippen molar-refractivity contribution in [2.45, 2.75) is 0 Å². The Morgan fingerprint density at radius 2 is 2.14 bits per heavy atom. The van der Waals surface area contributed by atoms with E-state index < -0.39 is 10.4 Å². The van der Waals surface area contributed by atoms with Crippen LogP contribution in [0.1, 0.15) is 0 Å². The summed E-state index contributed by atoms with van der Waals surface area (Å²) in [5.74, 6) is 0. The van der Waals surface area contributed by atoms with Gasteiger partial charge in [-0.05, 0) is 18.2 Å². The van der Waals surface area contributed by atoms with Gasteiger partial charge in [-0.2, -0.15) is 4.28 Å². The van der Waals surface area contributed by atoms with E-state index >= 15 is 0 Å². The van der Waals surface area contributed by atoms with Crippen LogP contribution in [-0.4, -0.2) is 13.0 Å². The quantitative estimate of drug-likeness (QED) is 0.454. The van der Waals surface area contributed by atoms with Crippen LogP contribution in [0.2, 0.25) is 5.02 Å². The van der Waals surface area contributed by atoms with Gasteiger partial charge in [0.2, 0.25) is 10.4 Å². The molecule has 0 saturated carbocycles. The maximum absolute atomic E-state index is 9.98. The molecule has 0 heterocycles. The van der Waals surface area contributed by atoms with Gasteiger partial charge < -0.3 is 4.55 Å². The predicted octanol–water partition coefficient (Wildman–Crippen LogP) is 0.648. The van der Waals surface area contributed by atoms with Crippen molar-refractivity contribution in [1.82, 2.24) is 5.59 Å². The zero-order valence-corrected chi connectivity index (χ0v) is 8.30. The molecule has 0 bridgehead atoms. The second-order valence-corrected chi connectivity index (χ2v) is 3.65. The fourth-order valence-corrected chi connectivity index (χ4v) is 1.03. The monoisotopic (exact) mass is 237 g/mol. The lowest BCUT2D eigenvalue weighted by Crippen LogP contribution is -2.25. The van der Waals surface area contributed by atoms with E-state index in [-0.39, 0.29) is 0 Å². The molecule has 0 saturated heterocycles. The van der Waals surface area contributed by atoms with Crippen LogP contribution in [0.4, 0.5) is 5.69 Å². The average molecular weight is 238 g/mol. The summed E-state index contributed by atoms with van der Waals surface area (Å²) in [4.78, 5) is 0. The molecular weight excluding hydrogens is 232 g/mol. The van der Waals surface area contributed by atoms with E-state index in [9.17, 15) is 13.0 Å². The summed E-state index contributed by atoms with van der Waals surface area (Å²) >= 11 is 5.63. The number of hydrazine groups is 1. The SMILES string of the molecule is O=S(=O)([O-])ONNc1cccc(Cl)c1. The van der Waals surface area contributed by atoms with Gasteiger partial charge in [0.1, 0.15) is 0 Å². The summed E-state index contributed by atoms with van der Waals surface area (Å²) in [7, 11) is -4.76. The van der Waals surface area contributed by atoms with Gasteiger partial charge in [0, 0.05) is 5.02 Å². The Morgan fingerprint density at radius 3 is 2.71 bits per heavy atom. The maximum Gasteiger partial charge on any atom is 0.235 e. The summed E-state index contributed by atoms with van der Waals surface area (Å²) in [6.07, 6.45) is 0. The molecule has 1 rings (SSSR count). The summed E-state index contributed by atoms with van der Waals surface area (Å²) < 4.78 is 33.6. The molecule has 8 heteroatoms. The van der Waals surface area contributed by atoms with Gasteiger partial charge in [-0.15, -0.1) is 0 Å². The summed E-state index contributed by atoms with van der Waals surface area (Å²) in [5, 5.41) is 0.460. The standard InChI is InChI=1S/C6H7ClN2O4S/c7-5-2-1-3-6(4-5)8-9-13-14(10,11)12/h1-4,8-9H,(H,10,11,12)/p-1. The molecule has 78 valence electrons. The van der Waals surface area contributed by atoms with Crippen molar-refractivity contribution in [2.75, 3.05) is 5.43 Å². The molecule has 0 amide bonds. The van der Waals surface area contributed by atoms with Crippen LogP contribution in [0.3, 0.4) is 0 Å². The molecule has 0 radical (unpaired) electrons. The third kappa shape index (κ3) is 4.40. The third-order valence-electron chi connectivity index (χ3n) is 1.16. The first-order valence-electron chi connectivity index (χ1n) is 3.38. The van der Waals surface area contributed by atoms with Gasteiger partial charge in [0.15, 0.2) is 0 Å². The largest absolute Gasteiger partial charge is 0.724 e. The fraction of sp³-hybridized carbons (Fsp3) is 0.